The van der Waals surface area contributed by atoms with Crippen molar-refractivity contribution in [2.75, 3.05) is 0 Å². The zero-order valence-corrected chi connectivity index (χ0v) is 9.84. The van der Waals surface area contributed by atoms with Crippen LogP contribution in [0.15, 0.2) is 41.2 Å². The van der Waals surface area contributed by atoms with E-state index in [0.717, 1.165) is 11.3 Å². The zero-order chi connectivity index (χ0) is 12.7. The SMILES string of the molecule is [B]c1nc2ccc(=O)[nH]c2n1-c1ccccc1C. The Hall–Kier alpha value is -2.30. The fourth-order valence-corrected chi connectivity index (χ4v) is 2.06. The Morgan fingerprint density at radius 1 is 1.22 bits per heavy atom. The molecule has 86 valence electrons. The number of aromatic amines is 1. The molecule has 0 atom stereocenters. The topological polar surface area (TPSA) is 50.7 Å². The van der Waals surface area contributed by atoms with Crippen LogP contribution in [0.25, 0.3) is 16.9 Å². The summed E-state index contributed by atoms with van der Waals surface area (Å²) >= 11 is 0. The second kappa shape index (κ2) is 3.87. The van der Waals surface area contributed by atoms with Gasteiger partial charge in [-0.1, -0.05) is 18.2 Å². The van der Waals surface area contributed by atoms with Gasteiger partial charge in [0.1, 0.15) is 11.2 Å². The molecule has 5 heteroatoms. The largest absolute Gasteiger partial charge is 0.306 e. The van der Waals surface area contributed by atoms with Crippen molar-refractivity contribution >= 4 is 24.7 Å². The normalized spacial score (nSPS) is 10.9. The Morgan fingerprint density at radius 2 is 2.00 bits per heavy atom. The highest BCUT2D eigenvalue weighted by molar-refractivity contribution is 6.30. The van der Waals surface area contributed by atoms with Gasteiger partial charge in [0.2, 0.25) is 5.56 Å². The van der Waals surface area contributed by atoms with Crippen LogP contribution >= 0.6 is 0 Å². The van der Waals surface area contributed by atoms with Crippen LogP contribution in [0.2, 0.25) is 0 Å². The molecule has 0 unspecified atom stereocenters. The summed E-state index contributed by atoms with van der Waals surface area (Å²) in [7, 11) is 5.93. The summed E-state index contributed by atoms with van der Waals surface area (Å²) in [5.74, 6) is 0. The lowest BCUT2D eigenvalue weighted by atomic mass is 10.1. The van der Waals surface area contributed by atoms with E-state index in [9.17, 15) is 4.79 Å². The number of aryl methyl sites for hydroxylation is 1. The van der Waals surface area contributed by atoms with Crippen molar-refractivity contribution in [3.05, 3.63) is 52.3 Å². The summed E-state index contributed by atoms with van der Waals surface area (Å²) in [5.41, 5.74) is 3.47. The van der Waals surface area contributed by atoms with E-state index in [2.05, 4.69) is 9.97 Å². The molecule has 2 aromatic heterocycles. The number of pyridine rings is 1. The number of H-pyrrole nitrogens is 1. The molecule has 18 heavy (non-hydrogen) atoms. The molecule has 0 aliphatic carbocycles. The standard InChI is InChI=1S/C13H10BN3O/c1-8-4-2-3-5-10(8)17-12-9(15-13(17)14)6-7-11(18)16-12/h2-7H,1H3,(H,16,18). The van der Waals surface area contributed by atoms with Gasteiger partial charge in [0.15, 0.2) is 7.85 Å². The van der Waals surface area contributed by atoms with Crippen LogP contribution in [0.1, 0.15) is 5.56 Å². The molecule has 1 aromatic carbocycles. The highest BCUT2D eigenvalue weighted by atomic mass is 16.1. The van der Waals surface area contributed by atoms with Crippen molar-refractivity contribution in [2.24, 2.45) is 0 Å². The molecular formula is C13H10BN3O. The molecule has 0 fully saturated rings. The first-order chi connectivity index (χ1) is 8.66. The number of para-hydroxylation sites is 1. The van der Waals surface area contributed by atoms with Gasteiger partial charge in [-0.3, -0.25) is 9.36 Å². The number of nitrogens with one attached hydrogen (secondary N) is 1. The molecule has 3 rings (SSSR count). The number of hydrogen-bond acceptors (Lipinski definition) is 2. The molecule has 3 aromatic rings. The van der Waals surface area contributed by atoms with E-state index in [-0.39, 0.29) is 5.56 Å². The lowest BCUT2D eigenvalue weighted by Gasteiger charge is -2.09. The lowest BCUT2D eigenvalue weighted by molar-refractivity contribution is 1.08. The highest BCUT2D eigenvalue weighted by Gasteiger charge is 2.10. The number of benzene rings is 1. The Morgan fingerprint density at radius 3 is 2.78 bits per heavy atom. The first-order valence-corrected chi connectivity index (χ1v) is 5.60. The summed E-state index contributed by atoms with van der Waals surface area (Å²) in [6.07, 6.45) is 0. The van der Waals surface area contributed by atoms with Crippen molar-refractivity contribution in [2.45, 2.75) is 6.92 Å². The third kappa shape index (κ3) is 1.56. The van der Waals surface area contributed by atoms with E-state index < -0.39 is 0 Å². The number of hydrogen-bond donors (Lipinski definition) is 1. The maximum absolute atomic E-state index is 11.4. The second-order valence-electron chi connectivity index (χ2n) is 4.15. The van der Waals surface area contributed by atoms with E-state index in [4.69, 9.17) is 7.85 Å². The summed E-state index contributed by atoms with van der Waals surface area (Å²) in [6, 6.07) is 10.9. The van der Waals surface area contributed by atoms with E-state index in [1.54, 1.807) is 10.6 Å². The molecule has 2 heterocycles. The van der Waals surface area contributed by atoms with Crippen LogP contribution in [-0.4, -0.2) is 22.4 Å². The monoisotopic (exact) mass is 235 g/mol. The van der Waals surface area contributed by atoms with Gasteiger partial charge < -0.3 is 4.98 Å². The third-order valence-electron chi connectivity index (χ3n) is 2.92. The summed E-state index contributed by atoms with van der Waals surface area (Å²) in [4.78, 5) is 18.4. The van der Waals surface area contributed by atoms with Crippen LogP contribution in [0.4, 0.5) is 0 Å². The Bertz CT molecular complexity index is 788. The first-order valence-electron chi connectivity index (χ1n) is 5.60. The molecule has 0 aliphatic heterocycles. The molecule has 0 spiro atoms. The minimum atomic E-state index is -0.169. The quantitative estimate of drug-likeness (QED) is 0.634. The van der Waals surface area contributed by atoms with Crippen LogP contribution < -0.4 is 11.3 Å². The Labute approximate surface area is 105 Å². The third-order valence-corrected chi connectivity index (χ3v) is 2.92. The maximum Gasteiger partial charge on any atom is 0.249 e. The average Bonchev–Trinajstić information content (AvgIpc) is 2.66. The van der Waals surface area contributed by atoms with Gasteiger partial charge in [0.05, 0.1) is 11.4 Å². The number of rotatable bonds is 1. The van der Waals surface area contributed by atoms with Crippen molar-refractivity contribution < 1.29 is 0 Å². The van der Waals surface area contributed by atoms with Crippen molar-refractivity contribution in [3.8, 4) is 5.69 Å². The first kappa shape index (κ1) is 10.8. The predicted molar refractivity (Wildman–Crippen MR) is 71.8 cm³/mol. The van der Waals surface area contributed by atoms with Gasteiger partial charge in [0, 0.05) is 6.07 Å². The van der Waals surface area contributed by atoms with Gasteiger partial charge in [-0.2, -0.15) is 0 Å². The smallest absolute Gasteiger partial charge is 0.249 e. The van der Waals surface area contributed by atoms with Crippen LogP contribution in [-0.2, 0) is 0 Å². The van der Waals surface area contributed by atoms with Gasteiger partial charge in [-0.05, 0) is 24.6 Å². The molecular weight excluding hydrogens is 225 g/mol. The predicted octanol–water partition coefficient (Wildman–Crippen LogP) is 0.816. The maximum atomic E-state index is 11.4. The van der Waals surface area contributed by atoms with Gasteiger partial charge in [-0.15, -0.1) is 0 Å². The average molecular weight is 235 g/mol. The van der Waals surface area contributed by atoms with Crippen LogP contribution in [0.5, 0.6) is 0 Å². The van der Waals surface area contributed by atoms with Crippen molar-refractivity contribution in [1.82, 2.24) is 14.5 Å². The number of imidazole rings is 1. The minimum Gasteiger partial charge on any atom is -0.306 e. The van der Waals surface area contributed by atoms with E-state index in [1.807, 2.05) is 31.2 Å². The van der Waals surface area contributed by atoms with Crippen molar-refractivity contribution in [3.63, 3.8) is 0 Å². The highest BCUT2D eigenvalue weighted by Crippen LogP contribution is 2.16. The van der Waals surface area contributed by atoms with E-state index in [0.29, 0.717) is 16.9 Å². The summed E-state index contributed by atoms with van der Waals surface area (Å²) in [6.45, 7) is 1.99. The van der Waals surface area contributed by atoms with Crippen LogP contribution in [0.3, 0.4) is 0 Å². The zero-order valence-electron chi connectivity index (χ0n) is 9.84. The van der Waals surface area contributed by atoms with Gasteiger partial charge in [-0.25, -0.2) is 4.98 Å². The van der Waals surface area contributed by atoms with E-state index in [1.165, 1.54) is 6.07 Å². The molecule has 4 nitrogen and oxygen atoms in total. The summed E-state index contributed by atoms with van der Waals surface area (Å²) in [5, 5.41) is 0. The molecule has 0 saturated heterocycles. The lowest BCUT2D eigenvalue weighted by Crippen LogP contribution is -2.19. The fourth-order valence-electron chi connectivity index (χ4n) is 2.06. The second-order valence-corrected chi connectivity index (χ2v) is 4.15. The van der Waals surface area contributed by atoms with Gasteiger partial charge in [0.25, 0.3) is 0 Å². The van der Waals surface area contributed by atoms with Gasteiger partial charge >= 0.3 is 0 Å². The molecule has 0 aliphatic rings. The van der Waals surface area contributed by atoms with Crippen molar-refractivity contribution in [1.29, 1.82) is 0 Å². The fraction of sp³-hybridized carbons (Fsp3) is 0.0769. The Balaban J connectivity index is 2.42. The molecule has 1 N–H and O–H groups in total. The molecule has 0 bridgehead atoms. The molecule has 2 radical (unpaired) electrons. The number of fused-ring (bicyclic) bond motifs is 1. The molecule has 0 amide bonds. The minimum absolute atomic E-state index is 0.169. The molecule has 0 saturated carbocycles. The van der Waals surface area contributed by atoms with E-state index >= 15 is 0 Å². The Kier molecular flexibility index (Phi) is 2.33. The summed E-state index contributed by atoms with van der Waals surface area (Å²) < 4.78 is 1.76. The van der Waals surface area contributed by atoms with Crippen LogP contribution in [0, 0.1) is 6.92 Å². The number of nitrogens with zero attached hydrogens (tertiary/aromatic N) is 2. The number of aromatic nitrogens is 3.